The Hall–Kier alpha value is -2.25. The molecule has 1 N–H and O–H groups in total. The molecule has 0 fully saturated rings. The van der Waals surface area contributed by atoms with E-state index in [1.807, 2.05) is 12.1 Å². The zero-order valence-corrected chi connectivity index (χ0v) is 15.4. The average molecular weight is 375 g/mol. The summed E-state index contributed by atoms with van der Waals surface area (Å²) in [6.07, 6.45) is 4.09. The van der Waals surface area contributed by atoms with Crippen molar-refractivity contribution in [2.24, 2.45) is 0 Å². The van der Waals surface area contributed by atoms with Gasteiger partial charge in [0.15, 0.2) is 11.5 Å². The van der Waals surface area contributed by atoms with Crippen molar-refractivity contribution in [3.8, 4) is 17.2 Å². The second kappa shape index (κ2) is 6.81. The van der Waals surface area contributed by atoms with E-state index >= 15 is 0 Å². The summed E-state index contributed by atoms with van der Waals surface area (Å²) in [4.78, 5) is 0.196. The van der Waals surface area contributed by atoms with Gasteiger partial charge in [-0.2, -0.15) is 0 Å². The summed E-state index contributed by atoms with van der Waals surface area (Å²) in [5, 5.41) is 0. The third-order valence-electron chi connectivity index (χ3n) is 4.82. The molecule has 2 aromatic rings. The summed E-state index contributed by atoms with van der Waals surface area (Å²) < 4.78 is 44.3. The predicted molar refractivity (Wildman–Crippen MR) is 96.2 cm³/mol. The maximum Gasteiger partial charge on any atom is 0.244 e. The molecule has 0 radical (unpaired) electrons. The number of methoxy groups -OCH3 is 1. The maximum atomic E-state index is 12.9. The van der Waals surface area contributed by atoms with Crippen LogP contribution in [-0.4, -0.2) is 22.3 Å². The van der Waals surface area contributed by atoms with Gasteiger partial charge in [0.25, 0.3) is 0 Å². The Morgan fingerprint density at radius 2 is 1.77 bits per heavy atom. The van der Waals surface area contributed by atoms with Crippen LogP contribution in [0.15, 0.2) is 35.2 Å². The zero-order valence-electron chi connectivity index (χ0n) is 14.6. The van der Waals surface area contributed by atoms with Gasteiger partial charge in [-0.15, -0.1) is 0 Å². The van der Waals surface area contributed by atoms with Crippen molar-refractivity contribution in [1.82, 2.24) is 4.72 Å². The summed E-state index contributed by atoms with van der Waals surface area (Å²) in [6, 6.07) is 9.01. The fourth-order valence-corrected chi connectivity index (χ4v) is 4.63. The lowest BCUT2D eigenvalue weighted by Crippen LogP contribution is -2.24. The van der Waals surface area contributed by atoms with E-state index in [0.717, 1.165) is 36.8 Å². The van der Waals surface area contributed by atoms with Crippen LogP contribution in [0.3, 0.4) is 0 Å². The quantitative estimate of drug-likeness (QED) is 0.870. The van der Waals surface area contributed by atoms with Gasteiger partial charge in [-0.25, -0.2) is 13.1 Å². The molecule has 138 valence electrons. The summed E-state index contributed by atoms with van der Waals surface area (Å²) in [7, 11) is -2.19. The Morgan fingerprint density at radius 1 is 1.04 bits per heavy atom. The normalized spacial score (nSPS) is 15.6. The molecule has 1 heterocycles. The van der Waals surface area contributed by atoms with Gasteiger partial charge in [0.05, 0.1) is 7.11 Å². The van der Waals surface area contributed by atoms with Crippen molar-refractivity contribution in [1.29, 1.82) is 0 Å². The highest BCUT2D eigenvalue weighted by Crippen LogP contribution is 2.34. The van der Waals surface area contributed by atoms with Gasteiger partial charge in [0.2, 0.25) is 16.8 Å². The summed E-state index contributed by atoms with van der Waals surface area (Å²) in [5.74, 6) is 1.70. The second-order valence-electron chi connectivity index (χ2n) is 6.49. The lowest BCUT2D eigenvalue weighted by molar-refractivity contribution is 0.174. The molecule has 6 nitrogen and oxygen atoms in total. The molecule has 4 rings (SSSR count). The first kappa shape index (κ1) is 17.2. The molecule has 1 aliphatic carbocycles. The molecule has 2 aromatic carbocycles. The number of hydrogen-bond donors (Lipinski definition) is 1. The van der Waals surface area contributed by atoms with Crippen molar-refractivity contribution in [2.45, 2.75) is 37.1 Å². The molecule has 2 aliphatic rings. The smallest absolute Gasteiger partial charge is 0.244 e. The first-order valence-electron chi connectivity index (χ1n) is 8.65. The minimum atomic E-state index is -3.70. The van der Waals surface area contributed by atoms with E-state index in [1.165, 1.54) is 12.7 Å². The largest absolute Gasteiger partial charge is 0.495 e. The van der Waals surface area contributed by atoms with Crippen molar-refractivity contribution < 1.29 is 22.6 Å². The molecule has 7 heteroatoms. The van der Waals surface area contributed by atoms with E-state index in [-0.39, 0.29) is 18.2 Å². The Morgan fingerprint density at radius 3 is 2.54 bits per heavy atom. The van der Waals surface area contributed by atoms with E-state index in [9.17, 15) is 8.42 Å². The van der Waals surface area contributed by atoms with Crippen molar-refractivity contribution in [3.05, 3.63) is 47.0 Å². The topological polar surface area (TPSA) is 73.9 Å². The van der Waals surface area contributed by atoms with E-state index < -0.39 is 10.0 Å². The first-order chi connectivity index (χ1) is 12.6. The average Bonchev–Trinajstić information content (AvgIpc) is 3.13. The highest BCUT2D eigenvalue weighted by atomic mass is 32.2. The van der Waals surface area contributed by atoms with Gasteiger partial charge in [-0.3, -0.25) is 0 Å². The van der Waals surface area contributed by atoms with Crippen LogP contribution in [0.4, 0.5) is 0 Å². The third kappa shape index (κ3) is 3.24. The molecule has 0 spiro atoms. The van der Waals surface area contributed by atoms with E-state index in [2.05, 4.69) is 4.72 Å². The lowest BCUT2D eigenvalue weighted by Gasteiger charge is -2.19. The monoisotopic (exact) mass is 375 g/mol. The number of hydrogen-bond acceptors (Lipinski definition) is 5. The fourth-order valence-electron chi connectivity index (χ4n) is 3.42. The molecule has 0 unspecified atom stereocenters. The van der Waals surface area contributed by atoms with E-state index in [4.69, 9.17) is 14.2 Å². The molecule has 0 saturated carbocycles. The molecule has 0 amide bonds. The van der Waals surface area contributed by atoms with Gasteiger partial charge in [0.1, 0.15) is 10.6 Å². The number of fused-ring (bicyclic) bond motifs is 2. The third-order valence-corrected chi connectivity index (χ3v) is 6.24. The molecule has 0 bridgehead atoms. The number of aryl methyl sites for hydroxylation is 2. The highest BCUT2D eigenvalue weighted by molar-refractivity contribution is 7.89. The first-order valence-corrected chi connectivity index (χ1v) is 10.1. The van der Waals surface area contributed by atoms with Crippen LogP contribution in [-0.2, 0) is 29.4 Å². The van der Waals surface area contributed by atoms with E-state index in [0.29, 0.717) is 17.2 Å². The Labute approximate surface area is 153 Å². The number of ether oxygens (including phenoxy) is 3. The second-order valence-corrected chi connectivity index (χ2v) is 8.23. The highest BCUT2D eigenvalue weighted by Gasteiger charge is 2.23. The molecule has 0 saturated heterocycles. The Bertz CT molecular complexity index is 939. The molecule has 1 aliphatic heterocycles. The van der Waals surface area contributed by atoms with Gasteiger partial charge < -0.3 is 14.2 Å². The van der Waals surface area contributed by atoms with Gasteiger partial charge >= 0.3 is 0 Å². The SMILES string of the molecule is COc1cc2c(cc1S(=O)(=O)NCc1ccc3c(c1)OCO3)CCCC2. The van der Waals surface area contributed by atoms with Crippen LogP contribution in [0.1, 0.15) is 29.5 Å². The van der Waals surface area contributed by atoms with Crippen LogP contribution in [0.25, 0.3) is 0 Å². The molecule has 26 heavy (non-hydrogen) atoms. The summed E-state index contributed by atoms with van der Waals surface area (Å²) >= 11 is 0. The van der Waals surface area contributed by atoms with Crippen LogP contribution in [0.2, 0.25) is 0 Å². The molecular weight excluding hydrogens is 354 g/mol. The number of benzene rings is 2. The van der Waals surface area contributed by atoms with Gasteiger partial charge in [-0.1, -0.05) is 6.07 Å². The number of sulfonamides is 1. The zero-order chi connectivity index (χ0) is 18.1. The molecule has 0 atom stereocenters. The minimum absolute atomic E-state index is 0.166. The Balaban J connectivity index is 1.58. The summed E-state index contributed by atoms with van der Waals surface area (Å²) in [5.41, 5.74) is 3.08. The Kier molecular flexibility index (Phi) is 4.50. The van der Waals surface area contributed by atoms with Crippen molar-refractivity contribution in [3.63, 3.8) is 0 Å². The van der Waals surface area contributed by atoms with E-state index in [1.54, 1.807) is 18.2 Å². The predicted octanol–water partition coefficient (Wildman–Crippen LogP) is 2.78. The fraction of sp³-hybridized carbons (Fsp3) is 0.368. The summed E-state index contributed by atoms with van der Waals surface area (Å²) in [6.45, 7) is 0.357. The number of nitrogens with one attached hydrogen (secondary N) is 1. The van der Waals surface area contributed by atoms with Gasteiger partial charge in [0, 0.05) is 6.54 Å². The maximum absolute atomic E-state index is 12.9. The lowest BCUT2D eigenvalue weighted by atomic mass is 9.92. The minimum Gasteiger partial charge on any atom is -0.495 e. The van der Waals surface area contributed by atoms with Crippen molar-refractivity contribution >= 4 is 10.0 Å². The standard InChI is InChI=1S/C19H21NO5S/c1-23-18-9-14-4-2-3-5-15(14)10-19(18)26(21,22)20-11-13-6-7-16-17(8-13)25-12-24-16/h6-10,20H,2-5,11-12H2,1H3. The van der Waals surface area contributed by atoms with Crippen LogP contribution >= 0.6 is 0 Å². The van der Waals surface area contributed by atoms with Crippen LogP contribution < -0.4 is 18.9 Å². The number of rotatable bonds is 5. The van der Waals surface area contributed by atoms with Crippen LogP contribution in [0.5, 0.6) is 17.2 Å². The van der Waals surface area contributed by atoms with Crippen molar-refractivity contribution in [2.75, 3.05) is 13.9 Å². The molecular formula is C19H21NO5S. The van der Waals surface area contributed by atoms with Crippen LogP contribution in [0, 0.1) is 0 Å². The van der Waals surface area contributed by atoms with Gasteiger partial charge in [-0.05, 0) is 66.6 Å². The molecule has 0 aromatic heterocycles.